The summed E-state index contributed by atoms with van der Waals surface area (Å²) in [4.78, 5) is 23.2. The summed E-state index contributed by atoms with van der Waals surface area (Å²) < 4.78 is 18.9. The Morgan fingerprint density at radius 3 is 2.65 bits per heavy atom. The van der Waals surface area contributed by atoms with Gasteiger partial charge in [0.15, 0.2) is 5.28 Å². The first-order valence-electron chi connectivity index (χ1n) is 7.35. The molecule has 2 heterocycles. The maximum absolute atomic E-state index is 13.4. The third-order valence-electron chi connectivity index (χ3n) is 4.00. The van der Waals surface area contributed by atoms with Crippen LogP contribution in [0.25, 0.3) is 0 Å². The quantitative estimate of drug-likeness (QED) is 0.487. The molecule has 1 fully saturated rings. The molecule has 124 valence electrons. The Hall–Kier alpha value is -2.06. The van der Waals surface area contributed by atoms with E-state index in [2.05, 4.69) is 30.9 Å². The topological polar surface area (TPSA) is 121 Å². The van der Waals surface area contributed by atoms with Crippen molar-refractivity contribution in [1.82, 2.24) is 20.2 Å². The first kappa shape index (κ1) is 15.8. The predicted octanol–water partition coefficient (Wildman–Crippen LogP) is 2.25. The van der Waals surface area contributed by atoms with Crippen LogP contribution in [0.1, 0.15) is 32.1 Å². The Morgan fingerprint density at radius 2 is 2.00 bits per heavy atom. The largest absolute Gasteiger partial charge is 0.396 e. The lowest BCUT2D eigenvalue weighted by Crippen LogP contribution is -2.35. The number of rotatable bonds is 4. The van der Waals surface area contributed by atoms with Gasteiger partial charge in [0.05, 0.1) is 5.29 Å². The van der Waals surface area contributed by atoms with Gasteiger partial charge in [-0.3, -0.25) is 9.99 Å². The van der Waals surface area contributed by atoms with Gasteiger partial charge in [-0.15, -0.1) is 10.1 Å². The average Bonchev–Trinajstić information content (AvgIpc) is 2.87. The third-order valence-corrected chi connectivity index (χ3v) is 6.47. The van der Waals surface area contributed by atoms with Gasteiger partial charge in [-0.2, -0.15) is 5.01 Å². The molecular formula is C12H18N7O3P. The number of hydrogen-bond acceptors (Lipinski definition) is 8. The van der Waals surface area contributed by atoms with Crippen LogP contribution in [-0.4, -0.2) is 33.3 Å². The van der Waals surface area contributed by atoms with Crippen molar-refractivity contribution in [1.29, 1.82) is 0 Å². The fraction of sp³-hybridized carbons (Fsp3) is 0.583. The summed E-state index contributed by atoms with van der Waals surface area (Å²) in [5.41, 5.74) is 2.72. The van der Waals surface area contributed by atoms with Crippen molar-refractivity contribution in [3.63, 3.8) is 0 Å². The molecule has 0 bridgehead atoms. The van der Waals surface area contributed by atoms with E-state index in [1.54, 1.807) is 18.5 Å². The molecule has 1 unspecified atom stereocenters. The number of nitrogens with one attached hydrogen (secondary N) is 2. The van der Waals surface area contributed by atoms with Gasteiger partial charge >= 0.3 is 13.5 Å². The molecule has 2 N–H and O–H groups in total. The molecule has 0 radical (unpaired) electrons. The summed E-state index contributed by atoms with van der Waals surface area (Å²) >= 11 is 0. The van der Waals surface area contributed by atoms with Crippen LogP contribution in [0, 0.1) is 4.91 Å². The molecule has 1 atom stereocenters. The summed E-state index contributed by atoms with van der Waals surface area (Å²) in [5, 5.41) is 5.54. The van der Waals surface area contributed by atoms with Gasteiger partial charge in [-0.25, -0.2) is 15.0 Å². The molecule has 1 aliphatic carbocycles. The molecule has 0 saturated heterocycles. The lowest BCUT2D eigenvalue weighted by atomic mass is 9.95. The maximum atomic E-state index is 13.4. The van der Waals surface area contributed by atoms with Gasteiger partial charge in [0, 0.05) is 19.4 Å². The third kappa shape index (κ3) is 2.91. The van der Waals surface area contributed by atoms with E-state index >= 15 is 0 Å². The van der Waals surface area contributed by atoms with Crippen LogP contribution in [0.2, 0.25) is 0 Å². The van der Waals surface area contributed by atoms with E-state index in [0.29, 0.717) is 12.8 Å². The first-order valence-corrected chi connectivity index (χ1v) is 8.98. The first-order chi connectivity index (χ1) is 11.1. The Bertz CT molecular complexity index is 647. The number of nitrogens with zero attached hydrogens (tertiary/aromatic N) is 5. The van der Waals surface area contributed by atoms with Crippen molar-refractivity contribution >= 4 is 19.5 Å². The Morgan fingerprint density at radius 1 is 1.30 bits per heavy atom. The molecule has 0 amide bonds. The molecule has 0 aromatic carbocycles. The number of nitroso groups, excluding NO2 is 1. The zero-order valence-electron chi connectivity index (χ0n) is 12.7. The molecule has 1 spiro atoms. The minimum Gasteiger partial charge on any atom is -0.396 e. The molecular weight excluding hydrogens is 321 g/mol. The average molecular weight is 339 g/mol. The fourth-order valence-electron chi connectivity index (χ4n) is 2.77. The van der Waals surface area contributed by atoms with Crippen LogP contribution in [0.5, 0.6) is 0 Å². The van der Waals surface area contributed by atoms with E-state index in [1.165, 1.54) is 7.05 Å². The van der Waals surface area contributed by atoms with Gasteiger partial charge in [0.25, 0.3) is 0 Å². The molecule has 1 aliphatic heterocycles. The van der Waals surface area contributed by atoms with E-state index in [4.69, 9.17) is 4.52 Å². The maximum Gasteiger partial charge on any atom is 0.363 e. The Balaban J connectivity index is 1.83. The molecule has 23 heavy (non-hydrogen) atoms. The van der Waals surface area contributed by atoms with Crippen molar-refractivity contribution in [2.24, 2.45) is 10.3 Å². The van der Waals surface area contributed by atoms with E-state index in [-0.39, 0.29) is 12.0 Å². The highest BCUT2D eigenvalue weighted by atomic mass is 31.2. The Kier molecular flexibility index (Phi) is 4.27. The van der Waals surface area contributed by atoms with Crippen LogP contribution >= 0.6 is 7.52 Å². The van der Waals surface area contributed by atoms with Crippen LogP contribution in [-0.2, 0) is 9.09 Å². The second-order valence-electron chi connectivity index (χ2n) is 5.49. The molecule has 1 saturated carbocycles. The highest BCUT2D eigenvalue weighted by Crippen LogP contribution is 2.65. The summed E-state index contributed by atoms with van der Waals surface area (Å²) in [5.74, 6) is 0.271. The molecule has 1 aromatic heterocycles. The normalized spacial score (nSPS) is 25.5. The van der Waals surface area contributed by atoms with Gasteiger partial charge < -0.3 is 4.52 Å². The van der Waals surface area contributed by atoms with Crippen LogP contribution < -0.4 is 10.6 Å². The second kappa shape index (κ2) is 6.21. The van der Waals surface area contributed by atoms with Crippen LogP contribution in [0.3, 0.4) is 0 Å². The van der Waals surface area contributed by atoms with Crippen LogP contribution in [0.4, 0.5) is 5.95 Å². The molecule has 1 aromatic rings. The van der Waals surface area contributed by atoms with Crippen molar-refractivity contribution in [2.45, 2.75) is 37.4 Å². The van der Waals surface area contributed by atoms with Crippen molar-refractivity contribution in [2.75, 3.05) is 12.5 Å². The summed E-state index contributed by atoms with van der Waals surface area (Å²) in [7, 11) is -2.04. The smallest absolute Gasteiger partial charge is 0.363 e. The van der Waals surface area contributed by atoms with Gasteiger partial charge in [0.1, 0.15) is 0 Å². The zero-order valence-corrected chi connectivity index (χ0v) is 13.6. The molecule has 2 aliphatic rings. The SMILES string of the molecule is CN(N=O)C1=NC2(CCCCC2)P(=O)(NNc2ncccn2)O1. The number of aliphatic imine (C=N–C) groups is 1. The van der Waals surface area contributed by atoms with Crippen molar-refractivity contribution in [3.05, 3.63) is 23.4 Å². The van der Waals surface area contributed by atoms with Crippen molar-refractivity contribution in [3.8, 4) is 0 Å². The molecule has 3 rings (SSSR count). The standard InChI is InChI=1S/C12H18N7O3P/c1-19(18-20)11-15-12(6-3-2-4-7-12)23(21,22-11)17-16-10-13-8-5-9-14-10/h5,8-9H,2-4,6-7H2,1H3,(H,17,21)(H,13,14,16). The van der Waals surface area contributed by atoms with Crippen molar-refractivity contribution < 1.29 is 9.09 Å². The molecule has 10 nitrogen and oxygen atoms in total. The summed E-state index contributed by atoms with van der Waals surface area (Å²) in [6.07, 6.45) is 7.20. The highest BCUT2D eigenvalue weighted by Gasteiger charge is 2.57. The van der Waals surface area contributed by atoms with E-state index in [0.717, 1.165) is 24.3 Å². The monoisotopic (exact) mass is 339 g/mol. The fourth-order valence-corrected chi connectivity index (χ4v) is 4.95. The Labute approximate surface area is 133 Å². The lowest BCUT2D eigenvalue weighted by molar-refractivity contribution is 0.360. The number of hydrazine groups is 1. The van der Waals surface area contributed by atoms with Crippen LogP contribution in [0.15, 0.2) is 28.7 Å². The summed E-state index contributed by atoms with van der Waals surface area (Å²) in [6.45, 7) is 0. The predicted molar refractivity (Wildman–Crippen MR) is 84.3 cm³/mol. The highest BCUT2D eigenvalue weighted by molar-refractivity contribution is 7.59. The molecule has 11 heteroatoms. The minimum absolute atomic E-state index is 0.0338. The van der Waals surface area contributed by atoms with E-state index < -0.39 is 12.8 Å². The number of anilines is 1. The van der Waals surface area contributed by atoms with E-state index in [9.17, 15) is 9.47 Å². The zero-order chi connectivity index (χ0) is 16.3. The number of amidine groups is 1. The minimum atomic E-state index is -3.45. The van der Waals surface area contributed by atoms with Gasteiger partial charge in [-0.05, 0) is 18.9 Å². The lowest BCUT2D eigenvalue weighted by Gasteiger charge is -2.33. The van der Waals surface area contributed by atoms with Gasteiger partial charge in [0.2, 0.25) is 5.95 Å². The number of hydrogen-bond donors (Lipinski definition) is 2. The summed E-state index contributed by atoms with van der Waals surface area (Å²) in [6, 6.07) is 1.64. The number of aromatic nitrogens is 2. The van der Waals surface area contributed by atoms with Gasteiger partial charge in [-0.1, -0.05) is 19.3 Å². The van der Waals surface area contributed by atoms with E-state index in [1.807, 2.05) is 0 Å². The second-order valence-corrected chi connectivity index (χ2v) is 7.84.